The summed E-state index contributed by atoms with van der Waals surface area (Å²) in [6.07, 6.45) is 0. The molecule has 3 aromatic rings. The van der Waals surface area contributed by atoms with E-state index in [1.54, 1.807) is 0 Å². The van der Waals surface area contributed by atoms with Crippen molar-refractivity contribution in [2.45, 2.75) is 6.92 Å². The Morgan fingerprint density at radius 2 is 1.58 bits per heavy atom. The molecule has 3 nitrogen and oxygen atoms in total. The van der Waals surface area contributed by atoms with E-state index in [4.69, 9.17) is 4.42 Å². The third-order valence-corrected chi connectivity index (χ3v) is 3.33. The molecule has 0 aliphatic heterocycles. The Hall–Kier alpha value is -2.29. The molecule has 19 heavy (non-hydrogen) atoms. The second kappa shape index (κ2) is 4.12. The van der Waals surface area contributed by atoms with Crippen molar-refractivity contribution in [3.05, 3.63) is 52.2 Å². The Morgan fingerprint density at radius 1 is 0.947 bits per heavy atom. The van der Waals surface area contributed by atoms with Gasteiger partial charge in [-0.2, -0.15) is 0 Å². The first-order valence-corrected chi connectivity index (χ1v) is 6.21. The zero-order chi connectivity index (χ0) is 13.6. The highest BCUT2D eigenvalue weighted by molar-refractivity contribution is 5.91. The Kier molecular flexibility index (Phi) is 2.56. The first-order valence-electron chi connectivity index (χ1n) is 6.21. The second-order valence-corrected chi connectivity index (χ2v) is 5.01. The summed E-state index contributed by atoms with van der Waals surface area (Å²) in [5.41, 5.74) is 3.41. The van der Waals surface area contributed by atoms with Gasteiger partial charge in [0.25, 0.3) is 0 Å². The average molecular weight is 253 g/mol. The van der Waals surface area contributed by atoms with E-state index in [2.05, 4.69) is 0 Å². The van der Waals surface area contributed by atoms with Gasteiger partial charge in [0.15, 0.2) is 0 Å². The maximum atomic E-state index is 12.4. The highest BCUT2D eigenvalue weighted by atomic mass is 16.3. The Balaban J connectivity index is 2.43. The van der Waals surface area contributed by atoms with Crippen LogP contribution in [0, 0.1) is 6.92 Å². The lowest BCUT2D eigenvalue weighted by Crippen LogP contribution is -2.09. The predicted octanol–water partition coefficient (Wildman–Crippen LogP) is 3.32. The zero-order valence-electron chi connectivity index (χ0n) is 11.2. The van der Waals surface area contributed by atoms with Crippen LogP contribution in [-0.2, 0) is 0 Å². The van der Waals surface area contributed by atoms with E-state index in [0.29, 0.717) is 21.9 Å². The minimum absolute atomic E-state index is 0.0292. The van der Waals surface area contributed by atoms with Crippen LogP contribution < -0.4 is 10.3 Å². The van der Waals surface area contributed by atoms with Gasteiger partial charge in [0, 0.05) is 25.8 Å². The molecule has 0 aliphatic rings. The van der Waals surface area contributed by atoms with Crippen LogP contribution in [0.3, 0.4) is 0 Å². The van der Waals surface area contributed by atoms with Crippen LogP contribution in [0.25, 0.3) is 21.9 Å². The maximum absolute atomic E-state index is 12.4. The average Bonchev–Trinajstić information content (AvgIpc) is 2.37. The van der Waals surface area contributed by atoms with E-state index >= 15 is 0 Å². The lowest BCUT2D eigenvalue weighted by atomic mass is 10.1. The summed E-state index contributed by atoms with van der Waals surface area (Å²) in [6.45, 7) is 1.99. The fourth-order valence-corrected chi connectivity index (χ4v) is 2.23. The molecule has 0 saturated carbocycles. The molecule has 0 N–H and O–H groups in total. The standard InChI is InChI=1S/C16H15NO2/c1-10-4-6-12-14(8-10)19-15-9-11(17(2)3)5-7-13(15)16(12)18/h4-9H,1-3H3. The Bertz CT molecular complexity index is 831. The minimum atomic E-state index is 0.0292. The molecule has 0 amide bonds. The molecule has 2 aromatic carbocycles. The maximum Gasteiger partial charge on any atom is 0.200 e. The number of hydrogen-bond donors (Lipinski definition) is 0. The molecule has 3 rings (SSSR count). The fraction of sp³-hybridized carbons (Fsp3) is 0.188. The van der Waals surface area contributed by atoms with Crippen LogP contribution in [-0.4, -0.2) is 14.1 Å². The summed E-state index contributed by atoms with van der Waals surface area (Å²) < 4.78 is 5.87. The summed E-state index contributed by atoms with van der Waals surface area (Å²) in [4.78, 5) is 14.4. The minimum Gasteiger partial charge on any atom is -0.456 e. The van der Waals surface area contributed by atoms with Crippen molar-refractivity contribution in [1.29, 1.82) is 0 Å². The normalized spacial score (nSPS) is 11.1. The summed E-state index contributed by atoms with van der Waals surface area (Å²) >= 11 is 0. The summed E-state index contributed by atoms with van der Waals surface area (Å²) in [7, 11) is 3.93. The molecule has 0 spiro atoms. The van der Waals surface area contributed by atoms with Crippen molar-refractivity contribution in [2.24, 2.45) is 0 Å². The molecule has 0 atom stereocenters. The summed E-state index contributed by atoms with van der Waals surface area (Å²) in [5.74, 6) is 0. The largest absolute Gasteiger partial charge is 0.456 e. The molecule has 0 radical (unpaired) electrons. The first-order chi connectivity index (χ1) is 9.06. The van der Waals surface area contributed by atoms with Gasteiger partial charge in [0.05, 0.1) is 10.8 Å². The predicted molar refractivity (Wildman–Crippen MR) is 79.1 cm³/mol. The van der Waals surface area contributed by atoms with Gasteiger partial charge in [-0.05, 0) is 36.8 Å². The molecule has 0 unspecified atom stereocenters. The van der Waals surface area contributed by atoms with Crippen molar-refractivity contribution in [1.82, 2.24) is 0 Å². The molecular formula is C16H15NO2. The van der Waals surface area contributed by atoms with Crippen LogP contribution in [0.1, 0.15) is 5.56 Å². The monoisotopic (exact) mass is 253 g/mol. The van der Waals surface area contributed by atoms with Gasteiger partial charge in [-0.3, -0.25) is 4.79 Å². The van der Waals surface area contributed by atoms with E-state index in [1.807, 2.05) is 62.3 Å². The molecule has 3 heteroatoms. The van der Waals surface area contributed by atoms with Gasteiger partial charge in [0.2, 0.25) is 5.43 Å². The van der Waals surface area contributed by atoms with E-state index in [0.717, 1.165) is 11.3 Å². The van der Waals surface area contributed by atoms with Gasteiger partial charge < -0.3 is 9.32 Å². The number of hydrogen-bond acceptors (Lipinski definition) is 3. The number of fused-ring (bicyclic) bond motifs is 2. The molecule has 0 fully saturated rings. The van der Waals surface area contributed by atoms with Crippen LogP contribution in [0.2, 0.25) is 0 Å². The van der Waals surface area contributed by atoms with E-state index < -0.39 is 0 Å². The topological polar surface area (TPSA) is 33.5 Å². The Morgan fingerprint density at radius 3 is 2.26 bits per heavy atom. The summed E-state index contributed by atoms with van der Waals surface area (Å²) in [6, 6.07) is 11.3. The number of nitrogens with zero attached hydrogens (tertiary/aromatic N) is 1. The van der Waals surface area contributed by atoms with Crippen molar-refractivity contribution < 1.29 is 4.42 Å². The molecule has 0 bridgehead atoms. The number of aryl methyl sites for hydroxylation is 1. The van der Waals surface area contributed by atoms with Gasteiger partial charge in [0.1, 0.15) is 11.2 Å². The number of benzene rings is 2. The van der Waals surface area contributed by atoms with Crippen molar-refractivity contribution in [3.8, 4) is 0 Å². The van der Waals surface area contributed by atoms with E-state index in [1.165, 1.54) is 0 Å². The van der Waals surface area contributed by atoms with Crippen LogP contribution in [0.4, 0.5) is 5.69 Å². The zero-order valence-corrected chi connectivity index (χ0v) is 11.2. The fourth-order valence-electron chi connectivity index (χ4n) is 2.23. The first kappa shape index (κ1) is 11.8. The second-order valence-electron chi connectivity index (χ2n) is 5.01. The molecular weight excluding hydrogens is 238 g/mol. The van der Waals surface area contributed by atoms with Gasteiger partial charge in [-0.15, -0.1) is 0 Å². The van der Waals surface area contributed by atoms with Crippen LogP contribution in [0.5, 0.6) is 0 Å². The third kappa shape index (κ3) is 1.87. The molecule has 96 valence electrons. The molecule has 1 heterocycles. The van der Waals surface area contributed by atoms with E-state index in [-0.39, 0.29) is 5.43 Å². The highest BCUT2D eigenvalue weighted by Crippen LogP contribution is 2.23. The lowest BCUT2D eigenvalue weighted by molar-refractivity contribution is 0.659. The number of rotatable bonds is 1. The quantitative estimate of drug-likeness (QED) is 0.624. The number of anilines is 1. The molecule has 0 saturated heterocycles. The highest BCUT2D eigenvalue weighted by Gasteiger charge is 2.08. The molecule has 1 aromatic heterocycles. The molecule has 0 aliphatic carbocycles. The third-order valence-electron chi connectivity index (χ3n) is 3.33. The smallest absolute Gasteiger partial charge is 0.200 e. The van der Waals surface area contributed by atoms with Crippen LogP contribution in [0.15, 0.2) is 45.6 Å². The van der Waals surface area contributed by atoms with Crippen molar-refractivity contribution in [3.63, 3.8) is 0 Å². The van der Waals surface area contributed by atoms with Gasteiger partial charge in [-0.25, -0.2) is 0 Å². The van der Waals surface area contributed by atoms with Crippen LogP contribution >= 0.6 is 0 Å². The SMILES string of the molecule is Cc1ccc2c(=O)c3ccc(N(C)C)cc3oc2c1. The van der Waals surface area contributed by atoms with E-state index in [9.17, 15) is 4.79 Å². The van der Waals surface area contributed by atoms with Gasteiger partial charge in [-0.1, -0.05) is 6.07 Å². The van der Waals surface area contributed by atoms with Crippen molar-refractivity contribution in [2.75, 3.05) is 19.0 Å². The van der Waals surface area contributed by atoms with Crippen molar-refractivity contribution >= 4 is 27.6 Å². The lowest BCUT2D eigenvalue weighted by Gasteiger charge is -2.12. The van der Waals surface area contributed by atoms with Gasteiger partial charge >= 0.3 is 0 Å². The summed E-state index contributed by atoms with van der Waals surface area (Å²) in [5, 5.41) is 1.26. The Labute approximate surface area is 111 Å².